The van der Waals surface area contributed by atoms with Crippen molar-refractivity contribution in [3.05, 3.63) is 18.6 Å². The summed E-state index contributed by atoms with van der Waals surface area (Å²) >= 11 is 0. The molecule has 2 aliphatic rings. The Morgan fingerprint density at radius 3 is 2.79 bits per heavy atom. The molecule has 1 aromatic heterocycles. The first kappa shape index (κ1) is 8.17. The first-order chi connectivity index (χ1) is 6.84. The van der Waals surface area contributed by atoms with Crippen LogP contribution in [0, 0.1) is 0 Å². The van der Waals surface area contributed by atoms with E-state index < -0.39 is 0 Å². The van der Waals surface area contributed by atoms with Crippen molar-refractivity contribution in [1.82, 2.24) is 14.9 Å². The van der Waals surface area contributed by atoms with Crippen LogP contribution in [-0.2, 0) is 0 Å². The quantitative estimate of drug-likeness (QED) is 0.640. The predicted octanol–water partition coefficient (Wildman–Crippen LogP) is 0.369. The summed E-state index contributed by atoms with van der Waals surface area (Å²) in [6, 6.07) is 1.38. The van der Waals surface area contributed by atoms with Crippen molar-refractivity contribution in [3.63, 3.8) is 0 Å². The Hall–Kier alpha value is -1.16. The monoisotopic (exact) mass is 190 g/mol. The Bertz CT molecular complexity index is 324. The summed E-state index contributed by atoms with van der Waals surface area (Å²) in [6.45, 7) is 2.28. The normalized spacial score (nSPS) is 31.4. The maximum Gasteiger partial charge on any atom is 0.147 e. The van der Waals surface area contributed by atoms with E-state index >= 15 is 0 Å². The number of likely N-dealkylation sites (N-methyl/N-ethyl adjacent to an activating group) is 1. The third-order valence-corrected chi connectivity index (χ3v) is 3.36. The van der Waals surface area contributed by atoms with E-state index in [1.807, 2.05) is 6.20 Å². The zero-order valence-electron chi connectivity index (χ0n) is 8.30. The van der Waals surface area contributed by atoms with Gasteiger partial charge in [0.25, 0.3) is 0 Å². The first-order valence-corrected chi connectivity index (χ1v) is 5.07. The van der Waals surface area contributed by atoms with Crippen molar-refractivity contribution in [2.75, 3.05) is 25.0 Å². The van der Waals surface area contributed by atoms with E-state index in [0.29, 0.717) is 6.04 Å². The molecule has 2 atom stereocenters. The number of piperazine rings is 1. The molecule has 4 heteroatoms. The van der Waals surface area contributed by atoms with Gasteiger partial charge in [-0.1, -0.05) is 0 Å². The minimum Gasteiger partial charge on any atom is -0.349 e. The van der Waals surface area contributed by atoms with Gasteiger partial charge in [0.1, 0.15) is 5.82 Å². The molecule has 0 radical (unpaired) electrons. The molecule has 3 rings (SSSR count). The highest BCUT2D eigenvalue weighted by Crippen LogP contribution is 2.31. The van der Waals surface area contributed by atoms with E-state index in [0.717, 1.165) is 18.4 Å². The largest absolute Gasteiger partial charge is 0.349 e. The highest BCUT2D eigenvalue weighted by molar-refractivity contribution is 5.40. The molecule has 2 saturated heterocycles. The van der Waals surface area contributed by atoms with E-state index in [4.69, 9.17) is 0 Å². The molecule has 2 bridgehead atoms. The summed E-state index contributed by atoms with van der Waals surface area (Å²) in [4.78, 5) is 13.3. The summed E-state index contributed by atoms with van der Waals surface area (Å²) in [7, 11) is 2.21. The van der Waals surface area contributed by atoms with E-state index in [9.17, 15) is 0 Å². The Morgan fingerprint density at radius 2 is 2.21 bits per heavy atom. The lowest BCUT2D eigenvalue weighted by atomic mass is 10.2. The Kier molecular flexibility index (Phi) is 1.70. The van der Waals surface area contributed by atoms with E-state index in [2.05, 4.69) is 26.8 Å². The van der Waals surface area contributed by atoms with Crippen molar-refractivity contribution < 1.29 is 0 Å². The van der Waals surface area contributed by atoms with Crippen LogP contribution in [0.25, 0.3) is 0 Å². The van der Waals surface area contributed by atoms with Gasteiger partial charge in [0.05, 0.1) is 6.20 Å². The van der Waals surface area contributed by atoms with Crippen molar-refractivity contribution in [2.24, 2.45) is 0 Å². The molecule has 2 unspecified atom stereocenters. The fraction of sp³-hybridized carbons (Fsp3) is 0.600. The SMILES string of the molecule is CN1CC2CC1CN2c1cnccn1. The number of aromatic nitrogens is 2. The zero-order valence-corrected chi connectivity index (χ0v) is 8.30. The lowest BCUT2D eigenvalue weighted by Gasteiger charge is -2.32. The third kappa shape index (κ3) is 1.10. The molecule has 4 nitrogen and oxygen atoms in total. The van der Waals surface area contributed by atoms with Crippen LogP contribution in [-0.4, -0.2) is 47.1 Å². The fourth-order valence-corrected chi connectivity index (χ4v) is 2.59. The Balaban J connectivity index is 1.84. The van der Waals surface area contributed by atoms with Gasteiger partial charge >= 0.3 is 0 Å². The summed E-state index contributed by atoms with van der Waals surface area (Å²) < 4.78 is 0. The lowest BCUT2D eigenvalue weighted by Crippen LogP contribution is -2.44. The van der Waals surface area contributed by atoms with Gasteiger partial charge in [-0.3, -0.25) is 9.88 Å². The molecule has 1 aromatic rings. The van der Waals surface area contributed by atoms with Crippen molar-refractivity contribution in [3.8, 4) is 0 Å². The van der Waals surface area contributed by atoms with Gasteiger partial charge in [0.15, 0.2) is 0 Å². The van der Waals surface area contributed by atoms with Crippen LogP contribution >= 0.6 is 0 Å². The molecule has 0 N–H and O–H groups in total. The standard InChI is InChI=1S/C10H14N4/c1-13-6-9-4-8(13)7-14(9)10-5-11-2-3-12-10/h2-3,5,8-9H,4,6-7H2,1H3. The molecular formula is C10H14N4. The van der Waals surface area contributed by atoms with Crippen LogP contribution in [0.4, 0.5) is 5.82 Å². The minimum absolute atomic E-state index is 0.654. The van der Waals surface area contributed by atoms with Gasteiger partial charge in [0, 0.05) is 37.6 Å². The minimum atomic E-state index is 0.654. The number of nitrogens with zero attached hydrogens (tertiary/aromatic N) is 4. The van der Waals surface area contributed by atoms with E-state index in [1.165, 1.54) is 13.0 Å². The average Bonchev–Trinajstić information content (AvgIpc) is 2.77. The second kappa shape index (κ2) is 2.92. The van der Waals surface area contributed by atoms with Gasteiger partial charge in [-0.2, -0.15) is 0 Å². The molecule has 0 aliphatic carbocycles. The van der Waals surface area contributed by atoms with Gasteiger partial charge < -0.3 is 4.90 Å². The number of hydrogen-bond acceptors (Lipinski definition) is 4. The molecule has 0 amide bonds. The van der Waals surface area contributed by atoms with Crippen LogP contribution in [0.1, 0.15) is 6.42 Å². The Morgan fingerprint density at radius 1 is 1.29 bits per heavy atom. The van der Waals surface area contributed by atoms with E-state index in [-0.39, 0.29) is 0 Å². The lowest BCUT2D eigenvalue weighted by molar-refractivity contribution is 0.292. The van der Waals surface area contributed by atoms with Crippen molar-refractivity contribution >= 4 is 5.82 Å². The van der Waals surface area contributed by atoms with Gasteiger partial charge in [-0.05, 0) is 13.5 Å². The highest BCUT2D eigenvalue weighted by atomic mass is 15.4. The molecule has 0 spiro atoms. The van der Waals surface area contributed by atoms with Gasteiger partial charge in [-0.25, -0.2) is 4.98 Å². The van der Waals surface area contributed by atoms with E-state index in [1.54, 1.807) is 12.4 Å². The van der Waals surface area contributed by atoms with Crippen LogP contribution in [0.15, 0.2) is 18.6 Å². The van der Waals surface area contributed by atoms with Crippen LogP contribution in [0.3, 0.4) is 0 Å². The first-order valence-electron chi connectivity index (χ1n) is 5.07. The van der Waals surface area contributed by atoms with Gasteiger partial charge in [0.2, 0.25) is 0 Å². The van der Waals surface area contributed by atoms with Gasteiger partial charge in [-0.15, -0.1) is 0 Å². The maximum absolute atomic E-state index is 4.35. The fourth-order valence-electron chi connectivity index (χ4n) is 2.59. The molecule has 14 heavy (non-hydrogen) atoms. The predicted molar refractivity (Wildman–Crippen MR) is 54.2 cm³/mol. The second-order valence-electron chi connectivity index (χ2n) is 4.20. The smallest absolute Gasteiger partial charge is 0.147 e. The highest BCUT2D eigenvalue weighted by Gasteiger charge is 2.41. The maximum atomic E-state index is 4.35. The summed E-state index contributed by atoms with van der Waals surface area (Å²) in [5.74, 6) is 1.04. The number of likely N-dealkylation sites (tertiary alicyclic amines) is 1. The number of anilines is 1. The molecule has 3 heterocycles. The topological polar surface area (TPSA) is 32.3 Å². The van der Waals surface area contributed by atoms with Crippen molar-refractivity contribution in [1.29, 1.82) is 0 Å². The molecule has 74 valence electrons. The zero-order chi connectivity index (χ0) is 9.54. The van der Waals surface area contributed by atoms with Crippen LogP contribution in [0.5, 0.6) is 0 Å². The number of rotatable bonds is 1. The van der Waals surface area contributed by atoms with Crippen LogP contribution < -0.4 is 4.90 Å². The molecule has 2 fully saturated rings. The molecule has 0 saturated carbocycles. The molecule has 0 aromatic carbocycles. The van der Waals surface area contributed by atoms with Crippen molar-refractivity contribution in [2.45, 2.75) is 18.5 Å². The third-order valence-electron chi connectivity index (χ3n) is 3.36. The number of hydrogen-bond donors (Lipinski definition) is 0. The molecule has 2 aliphatic heterocycles. The number of fused-ring (bicyclic) bond motifs is 2. The second-order valence-corrected chi connectivity index (χ2v) is 4.20. The summed E-state index contributed by atoms with van der Waals surface area (Å²) in [6.07, 6.45) is 6.64. The Labute approximate surface area is 83.6 Å². The average molecular weight is 190 g/mol. The summed E-state index contributed by atoms with van der Waals surface area (Å²) in [5, 5.41) is 0. The van der Waals surface area contributed by atoms with Crippen LogP contribution in [0.2, 0.25) is 0 Å². The molecular weight excluding hydrogens is 176 g/mol. The summed E-state index contributed by atoms with van der Waals surface area (Å²) in [5.41, 5.74) is 0.